The molecule has 90 valence electrons. The van der Waals surface area contributed by atoms with E-state index in [1.165, 1.54) is 0 Å². The number of hydrogen-bond donors (Lipinski definition) is 1. The van der Waals surface area contributed by atoms with Crippen LogP contribution >= 0.6 is 11.3 Å². The maximum Gasteiger partial charge on any atom is 0.257 e. The van der Waals surface area contributed by atoms with E-state index in [2.05, 4.69) is 4.98 Å². The molecular formula is C14H11NO2S. The molecular weight excluding hydrogens is 246 g/mol. The Morgan fingerprint density at radius 3 is 2.67 bits per heavy atom. The first kappa shape index (κ1) is 11.0. The van der Waals surface area contributed by atoms with Crippen molar-refractivity contribution < 1.29 is 4.74 Å². The lowest BCUT2D eigenvalue weighted by atomic mass is 10.1. The predicted molar refractivity (Wildman–Crippen MR) is 74.4 cm³/mol. The number of H-pyrrole nitrogens is 1. The maximum absolute atomic E-state index is 11.9. The topological polar surface area (TPSA) is 42.1 Å². The summed E-state index contributed by atoms with van der Waals surface area (Å²) >= 11 is 1.57. The summed E-state index contributed by atoms with van der Waals surface area (Å²) in [4.78, 5) is 14.8. The molecule has 2 heterocycles. The number of hydrogen-bond acceptors (Lipinski definition) is 3. The molecule has 0 aliphatic carbocycles. The number of thiophene rings is 1. The van der Waals surface area contributed by atoms with Gasteiger partial charge < -0.3 is 9.72 Å². The lowest BCUT2D eigenvalue weighted by molar-refractivity contribution is 0.415. The van der Waals surface area contributed by atoms with Gasteiger partial charge in [-0.15, -0.1) is 11.3 Å². The summed E-state index contributed by atoms with van der Waals surface area (Å²) < 4.78 is 6.12. The van der Waals surface area contributed by atoms with Gasteiger partial charge in [0, 0.05) is 10.4 Å². The molecule has 1 N–H and O–H groups in total. The Morgan fingerprint density at radius 2 is 1.94 bits per heavy atom. The van der Waals surface area contributed by atoms with Gasteiger partial charge in [-0.05, 0) is 47.3 Å². The third kappa shape index (κ3) is 1.80. The summed E-state index contributed by atoms with van der Waals surface area (Å²) in [5, 5.41) is 2.68. The summed E-state index contributed by atoms with van der Waals surface area (Å²) in [5.41, 5.74) is 1.76. The van der Waals surface area contributed by atoms with E-state index in [0.29, 0.717) is 0 Å². The number of fused-ring (bicyclic) bond motifs is 1. The van der Waals surface area contributed by atoms with E-state index in [1.807, 2.05) is 41.8 Å². The quantitative estimate of drug-likeness (QED) is 0.765. The Kier molecular flexibility index (Phi) is 2.64. The molecule has 0 aliphatic rings. The van der Waals surface area contributed by atoms with Crippen LogP contribution < -0.4 is 10.3 Å². The van der Waals surface area contributed by atoms with E-state index in [4.69, 9.17) is 4.74 Å². The number of nitrogens with one attached hydrogen (secondary N) is 1. The van der Waals surface area contributed by atoms with E-state index in [0.717, 1.165) is 27.1 Å². The molecule has 3 nitrogen and oxygen atoms in total. The summed E-state index contributed by atoms with van der Waals surface area (Å²) in [6.45, 7) is 0. The van der Waals surface area contributed by atoms with Gasteiger partial charge in [0.05, 0.1) is 12.5 Å². The van der Waals surface area contributed by atoms with Crippen molar-refractivity contribution in [1.29, 1.82) is 0 Å². The Bertz CT molecular complexity index is 740. The van der Waals surface area contributed by atoms with Crippen LogP contribution in [0, 0.1) is 0 Å². The molecule has 0 aliphatic heterocycles. The van der Waals surface area contributed by atoms with Gasteiger partial charge in [-0.1, -0.05) is 0 Å². The first-order valence-corrected chi connectivity index (χ1v) is 6.41. The predicted octanol–water partition coefficient (Wildman–Crippen LogP) is 3.27. The highest BCUT2D eigenvalue weighted by atomic mass is 32.1. The van der Waals surface area contributed by atoms with Crippen molar-refractivity contribution in [3.8, 4) is 17.0 Å². The van der Waals surface area contributed by atoms with Crippen molar-refractivity contribution in [2.75, 3.05) is 7.11 Å². The van der Waals surface area contributed by atoms with Crippen LogP contribution in [-0.4, -0.2) is 12.1 Å². The minimum Gasteiger partial charge on any atom is -0.497 e. The number of pyridine rings is 1. The van der Waals surface area contributed by atoms with Gasteiger partial charge in [-0.2, -0.15) is 0 Å². The Morgan fingerprint density at radius 1 is 1.17 bits per heavy atom. The van der Waals surface area contributed by atoms with Crippen LogP contribution in [0.1, 0.15) is 0 Å². The first-order valence-electron chi connectivity index (χ1n) is 5.53. The Labute approximate surface area is 108 Å². The zero-order valence-corrected chi connectivity index (χ0v) is 10.6. The van der Waals surface area contributed by atoms with E-state index >= 15 is 0 Å². The number of rotatable bonds is 2. The van der Waals surface area contributed by atoms with Crippen LogP contribution in [0.2, 0.25) is 0 Å². The normalized spacial score (nSPS) is 10.7. The lowest BCUT2D eigenvalue weighted by Gasteiger charge is -2.04. The molecule has 18 heavy (non-hydrogen) atoms. The van der Waals surface area contributed by atoms with Gasteiger partial charge in [0.25, 0.3) is 5.56 Å². The molecule has 0 atom stereocenters. The molecule has 2 aromatic heterocycles. The first-order chi connectivity index (χ1) is 8.78. The number of aromatic nitrogens is 1. The van der Waals surface area contributed by atoms with Crippen molar-refractivity contribution in [3.63, 3.8) is 0 Å². The second-order valence-corrected chi connectivity index (χ2v) is 4.89. The SMILES string of the molecule is COc1ccc(-c2cc3sccc3c(=O)[nH]2)cc1. The molecule has 3 aromatic rings. The second kappa shape index (κ2) is 4.31. The second-order valence-electron chi connectivity index (χ2n) is 3.94. The third-order valence-corrected chi connectivity index (χ3v) is 3.73. The molecule has 0 saturated heterocycles. The lowest BCUT2D eigenvalue weighted by Crippen LogP contribution is -2.05. The Balaban J connectivity index is 2.15. The number of aromatic amines is 1. The van der Waals surface area contributed by atoms with Crippen molar-refractivity contribution in [3.05, 3.63) is 52.1 Å². The smallest absolute Gasteiger partial charge is 0.257 e. The van der Waals surface area contributed by atoms with Gasteiger partial charge in [0.1, 0.15) is 5.75 Å². The van der Waals surface area contributed by atoms with E-state index in [1.54, 1.807) is 18.4 Å². The zero-order valence-electron chi connectivity index (χ0n) is 9.77. The fraction of sp³-hybridized carbons (Fsp3) is 0.0714. The number of ether oxygens (including phenoxy) is 1. The average molecular weight is 257 g/mol. The summed E-state index contributed by atoms with van der Waals surface area (Å²) in [6, 6.07) is 11.5. The molecule has 3 rings (SSSR count). The molecule has 0 spiro atoms. The molecule has 0 fully saturated rings. The van der Waals surface area contributed by atoms with Crippen molar-refractivity contribution in [1.82, 2.24) is 4.98 Å². The highest BCUT2D eigenvalue weighted by Gasteiger charge is 2.05. The van der Waals surface area contributed by atoms with E-state index in [-0.39, 0.29) is 5.56 Å². The van der Waals surface area contributed by atoms with Crippen LogP contribution in [0.3, 0.4) is 0 Å². The standard InChI is InChI=1S/C14H11NO2S/c1-17-10-4-2-9(3-5-10)12-8-13-11(6-7-18-13)14(16)15-12/h2-8H,1H3,(H,15,16). The van der Waals surface area contributed by atoms with Gasteiger partial charge in [-0.3, -0.25) is 4.79 Å². The van der Waals surface area contributed by atoms with Crippen LogP contribution in [0.5, 0.6) is 5.75 Å². The fourth-order valence-electron chi connectivity index (χ4n) is 1.90. The molecule has 1 aromatic carbocycles. The molecule has 0 unspecified atom stereocenters. The van der Waals surface area contributed by atoms with E-state index < -0.39 is 0 Å². The van der Waals surface area contributed by atoms with E-state index in [9.17, 15) is 4.79 Å². The highest BCUT2D eigenvalue weighted by molar-refractivity contribution is 7.17. The molecule has 0 saturated carbocycles. The molecule has 0 bridgehead atoms. The zero-order chi connectivity index (χ0) is 12.5. The van der Waals surface area contributed by atoms with Crippen molar-refractivity contribution >= 4 is 21.4 Å². The van der Waals surface area contributed by atoms with Gasteiger partial charge in [0.2, 0.25) is 0 Å². The summed E-state index contributed by atoms with van der Waals surface area (Å²) in [5.74, 6) is 0.804. The van der Waals surface area contributed by atoms with Gasteiger partial charge in [-0.25, -0.2) is 0 Å². The number of benzene rings is 1. The van der Waals surface area contributed by atoms with Crippen LogP contribution in [0.4, 0.5) is 0 Å². The largest absolute Gasteiger partial charge is 0.497 e. The van der Waals surface area contributed by atoms with Crippen molar-refractivity contribution in [2.45, 2.75) is 0 Å². The molecule has 4 heteroatoms. The monoisotopic (exact) mass is 257 g/mol. The minimum atomic E-state index is -0.0421. The maximum atomic E-state index is 11.9. The van der Waals surface area contributed by atoms with Crippen LogP contribution in [0.25, 0.3) is 21.3 Å². The molecule has 0 amide bonds. The summed E-state index contributed by atoms with van der Waals surface area (Å²) in [7, 11) is 1.63. The van der Waals surface area contributed by atoms with Gasteiger partial charge >= 0.3 is 0 Å². The summed E-state index contributed by atoms with van der Waals surface area (Å²) in [6.07, 6.45) is 0. The number of methoxy groups -OCH3 is 1. The molecule has 0 radical (unpaired) electrons. The highest BCUT2D eigenvalue weighted by Crippen LogP contribution is 2.24. The Hall–Kier alpha value is -2.07. The fourth-order valence-corrected chi connectivity index (χ4v) is 2.73. The minimum absolute atomic E-state index is 0.0421. The van der Waals surface area contributed by atoms with Crippen LogP contribution in [-0.2, 0) is 0 Å². The average Bonchev–Trinajstić information content (AvgIpc) is 2.88. The van der Waals surface area contributed by atoms with Crippen molar-refractivity contribution in [2.24, 2.45) is 0 Å². The van der Waals surface area contributed by atoms with Gasteiger partial charge in [0.15, 0.2) is 0 Å². The van der Waals surface area contributed by atoms with Crippen LogP contribution in [0.15, 0.2) is 46.6 Å². The third-order valence-electron chi connectivity index (χ3n) is 2.86.